The van der Waals surface area contributed by atoms with Crippen molar-refractivity contribution in [2.24, 2.45) is 0 Å². The Morgan fingerprint density at radius 3 is 1.66 bits per heavy atom. The van der Waals surface area contributed by atoms with Crippen LogP contribution in [0.3, 0.4) is 0 Å². The van der Waals surface area contributed by atoms with Crippen molar-refractivity contribution in [3.05, 3.63) is 91.4 Å². The second-order valence-electron chi connectivity index (χ2n) is 7.67. The van der Waals surface area contributed by atoms with Crippen molar-refractivity contribution < 1.29 is 4.79 Å². The number of rotatable bonds is 9. The molecule has 0 bridgehead atoms. The molecule has 0 heterocycles. The minimum atomic E-state index is -0.306. The summed E-state index contributed by atoms with van der Waals surface area (Å²) in [6.45, 7) is 4.49. The number of unbranched alkanes of at least 4 members (excludes halogenated alkanes) is 2. The Labute approximate surface area is 191 Å². The standard InChI is InChI=1S/C26H28Br2O/c1-3-5-7-19(8-6-4-2)25-24(17-18-29)26(25,20-9-13-22(27)14-10-20)21-11-15-23(28)16-12-21/h9-18H,3-8H2,1-2H3/b24-17-. The highest BCUT2D eigenvalue weighted by molar-refractivity contribution is 9.10. The van der Waals surface area contributed by atoms with Crippen LogP contribution in [0.5, 0.6) is 0 Å². The van der Waals surface area contributed by atoms with Crippen LogP contribution in [0.25, 0.3) is 0 Å². The van der Waals surface area contributed by atoms with Crippen molar-refractivity contribution in [1.82, 2.24) is 0 Å². The average molecular weight is 516 g/mol. The van der Waals surface area contributed by atoms with Gasteiger partial charge in [-0.2, -0.15) is 0 Å². The predicted octanol–water partition coefficient (Wildman–Crippen LogP) is 8.31. The molecule has 0 unspecified atom stereocenters. The normalized spacial score (nSPS) is 16.1. The molecule has 3 heteroatoms. The monoisotopic (exact) mass is 514 g/mol. The first kappa shape index (κ1) is 22.2. The van der Waals surface area contributed by atoms with Gasteiger partial charge in [0.05, 0.1) is 5.41 Å². The van der Waals surface area contributed by atoms with E-state index >= 15 is 0 Å². The van der Waals surface area contributed by atoms with Crippen LogP contribution in [0, 0.1) is 0 Å². The largest absolute Gasteiger partial charge is 0.299 e. The van der Waals surface area contributed by atoms with Crippen LogP contribution in [0.15, 0.2) is 80.3 Å². The summed E-state index contributed by atoms with van der Waals surface area (Å²) in [7, 11) is 0. The summed E-state index contributed by atoms with van der Waals surface area (Å²) in [6, 6.07) is 17.2. The molecule has 152 valence electrons. The minimum absolute atomic E-state index is 0.306. The van der Waals surface area contributed by atoms with Crippen molar-refractivity contribution in [1.29, 1.82) is 0 Å². The minimum Gasteiger partial charge on any atom is -0.299 e. The molecule has 1 aliphatic rings. The van der Waals surface area contributed by atoms with Gasteiger partial charge in [-0.05, 0) is 78.3 Å². The van der Waals surface area contributed by atoms with Crippen LogP contribution in [0.1, 0.15) is 63.5 Å². The van der Waals surface area contributed by atoms with Gasteiger partial charge in [-0.1, -0.05) is 88.4 Å². The summed E-state index contributed by atoms with van der Waals surface area (Å²) in [4.78, 5) is 11.6. The number of aldehydes is 1. The van der Waals surface area contributed by atoms with E-state index in [9.17, 15) is 4.79 Å². The van der Waals surface area contributed by atoms with E-state index in [0.717, 1.165) is 28.1 Å². The molecular weight excluding hydrogens is 488 g/mol. The van der Waals surface area contributed by atoms with Gasteiger partial charge in [-0.15, -0.1) is 0 Å². The summed E-state index contributed by atoms with van der Waals surface area (Å²) >= 11 is 7.14. The van der Waals surface area contributed by atoms with Crippen molar-refractivity contribution in [2.45, 2.75) is 57.8 Å². The van der Waals surface area contributed by atoms with Crippen LogP contribution in [-0.2, 0) is 10.2 Å². The number of carbonyl (C=O) groups excluding carboxylic acids is 1. The van der Waals surface area contributed by atoms with E-state index in [1.165, 1.54) is 53.5 Å². The third kappa shape index (κ3) is 4.51. The highest BCUT2D eigenvalue weighted by Crippen LogP contribution is 2.65. The first-order valence-electron chi connectivity index (χ1n) is 10.5. The van der Waals surface area contributed by atoms with E-state index in [4.69, 9.17) is 0 Å². The van der Waals surface area contributed by atoms with E-state index in [1.807, 2.05) is 0 Å². The molecule has 0 atom stereocenters. The number of hydrogen-bond donors (Lipinski definition) is 0. The third-order valence-corrected chi connectivity index (χ3v) is 6.85. The molecule has 0 aliphatic heterocycles. The summed E-state index contributed by atoms with van der Waals surface area (Å²) in [6.07, 6.45) is 9.69. The first-order valence-corrected chi connectivity index (χ1v) is 12.1. The number of allylic oxidation sites excluding steroid dienone is 4. The highest BCUT2D eigenvalue weighted by atomic mass is 79.9. The Morgan fingerprint density at radius 1 is 0.828 bits per heavy atom. The first-order chi connectivity index (χ1) is 14.1. The molecule has 0 amide bonds. The molecule has 1 aliphatic carbocycles. The Kier molecular flexibility index (Phi) is 7.70. The topological polar surface area (TPSA) is 17.1 Å². The number of benzene rings is 2. The fourth-order valence-electron chi connectivity index (χ4n) is 4.35. The van der Waals surface area contributed by atoms with Gasteiger partial charge in [-0.3, -0.25) is 4.79 Å². The molecule has 29 heavy (non-hydrogen) atoms. The summed E-state index contributed by atoms with van der Waals surface area (Å²) in [5, 5.41) is 0. The van der Waals surface area contributed by atoms with E-state index in [1.54, 1.807) is 6.08 Å². The lowest BCUT2D eigenvalue weighted by Crippen LogP contribution is -2.11. The third-order valence-electron chi connectivity index (χ3n) is 5.79. The fraction of sp³-hybridized carbons (Fsp3) is 0.346. The van der Waals surface area contributed by atoms with Gasteiger partial charge < -0.3 is 0 Å². The smallest absolute Gasteiger partial charge is 0.143 e. The van der Waals surface area contributed by atoms with Crippen LogP contribution in [-0.4, -0.2) is 6.29 Å². The van der Waals surface area contributed by atoms with Gasteiger partial charge >= 0.3 is 0 Å². The van der Waals surface area contributed by atoms with Gasteiger partial charge in [0.2, 0.25) is 0 Å². The van der Waals surface area contributed by atoms with Crippen LogP contribution < -0.4 is 0 Å². The lowest BCUT2D eigenvalue weighted by molar-refractivity contribution is -0.104. The number of halogens is 2. The van der Waals surface area contributed by atoms with Crippen molar-refractivity contribution in [2.75, 3.05) is 0 Å². The maximum atomic E-state index is 11.6. The maximum absolute atomic E-state index is 11.6. The molecule has 1 saturated carbocycles. The molecule has 3 rings (SSSR count). The van der Waals surface area contributed by atoms with E-state index in [0.29, 0.717) is 0 Å². The predicted molar refractivity (Wildman–Crippen MR) is 129 cm³/mol. The van der Waals surface area contributed by atoms with Gasteiger partial charge in [0, 0.05) is 8.95 Å². The molecule has 1 fully saturated rings. The maximum Gasteiger partial charge on any atom is 0.143 e. The summed E-state index contributed by atoms with van der Waals surface area (Å²) < 4.78 is 2.13. The van der Waals surface area contributed by atoms with Crippen molar-refractivity contribution >= 4 is 38.1 Å². The summed E-state index contributed by atoms with van der Waals surface area (Å²) in [5.41, 5.74) is 6.22. The van der Waals surface area contributed by atoms with Crippen molar-refractivity contribution in [3.8, 4) is 0 Å². The molecule has 0 N–H and O–H groups in total. The molecule has 0 aromatic heterocycles. The van der Waals surface area contributed by atoms with Gasteiger partial charge in [0.15, 0.2) is 0 Å². The molecular formula is C26H28Br2O. The van der Waals surface area contributed by atoms with E-state index in [-0.39, 0.29) is 5.41 Å². The Morgan fingerprint density at radius 2 is 1.28 bits per heavy atom. The quantitative estimate of drug-likeness (QED) is 0.242. The van der Waals surface area contributed by atoms with Gasteiger partial charge in [0.1, 0.15) is 6.29 Å². The van der Waals surface area contributed by atoms with Crippen molar-refractivity contribution in [3.63, 3.8) is 0 Å². The Bertz CT molecular complexity index is 849. The van der Waals surface area contributed by atoms with E-state index in [2.05, 4.69) is 94.2 Å². The van der Waals surface area contributed by atoms with Crippen LogP contribution in [0.4, 0.5) is 0 Å². The highest BCUT2D eigenvalue weighted by Gasteiger charge is 2.58. The SMILES string of the molecule is CCCCC(CCCC)=C1/C(=C/C=O)C1(c1ccc(Br)cc1)c1ccc(Br)cc1. The van der Waals surface area contributed by atoms with Crippen LogP contribution >= 0.6 is 31.9 Å². The molecule has 2 aromatic rings. The Hall–Kier alpha value is -1.45. The molecule has 0 saturated heterocycles. The second-order valence-corrected chi connectivity index (χ2v) is 9.50. The average Bonchev–Trinajstić information content (AvgIpc) is 3.38. The zero-order valence-corrected chi connectivity index (χ0v) is 20.4. The fourth-order valence-corrected chi connectivity index (χ4v) is 4.88. The number of carbonyl (C=O) groups is 1. The van der Waals surface area contributed by atoms with E-state index < -0.39 is 0 Å². The lowest BCUT2D eigenvalue weighted by atomic mass is 9.84. The lowest BCUT2D eigenvalue weighted by Gasteiger charge is -2.18. The number of hydrogen-bond acceptors (Lipinski definition) is 1. The van der Waals surface area contributed by atoms with Crippen LogP contribution in [0.2, 0.25) is 0 Å². The zero-order chi connectivity index (χ0) is 20.9. The molecule has 1 nitrogen and oxygen atoms in total. The van der Waals surface area contributed by atoms with Gasteiger partial charge in [-0.25, -0.2) is 0 Å². The second kappa shape index (κ2) is 10.0. The summed E-state index contributed by atoms with van der Waals surface area (Å²) in [5.74, 6) is 0. The Balaban J connectivity index is 2.25. The zero-order valence-electron chi connectivity index (χ0n) is 17.2. The van der Waals surface area contributed by atoms with Gasteiger partial charge in [0.25, 0.3) is 0 Å². The molecule has 0 radical (unpaired) electrons. The molecule has 0 spiro atoms. The molecule has 2 aromatic carbocycles.